The molecule has 1 aliphatic rings. The van der Waals surface area contributed by atoms with E-state index in [1.807, 2.05) is 78.9 Å². The van der Waals surface area contributed by atoms with E-state index in [1.54, 1.807) is 17.8 Å². The summed E-state index contributed by atoms with van der Waals surface area (Å²) in [6, 6.07) is 24.6. The number of carbonyl (C=O) groups is 1. The van der Waals surface area contributed by atoms with Crippen molar-refractivity contribution < 1.29 is 14.3 Å². The second kappa shape index (κ2) is 9.65. The van der Waals surface area contributed by atoms with Gasteiger partial charge in [0.15, 0.2) is 5.70 Å². The quantitative estimate of drug-likeness (QED) is 0.202. The highest BCUT2D eigenvalue weighted by Gasteiger charge is 2.24. The zero-order chi connectivity index (χ0) is 20.8. The molecule has 3 aromatic rings. The standard InChI is InChI=1S/C24H18ClNO3S/c25-19-10-12-20(13-11-19)30-15-14-28-22-9-5-4-8-18(22)16-21-24(27)29-23(26-21)17-6-2-1-3-7-17/h1-13,16H,14-15H2/b21-16+. The van der Waals surface area contributed by atoms with Crippen LogP contribution in [0.25, 0.3) is 6.08 Å². The monoisotopic (exact) mass is 435 g/mol. The Morgan fingerprint density at radius 3 is 2.50 bits per heavy atom. The molecule has 0 aliphatic carbocycles. The van der Waals surface area contributed by atoms with Crippen molar-refractivity contribution in [2.45, 2.75) is 4.90 Å². The average molecular weight is 436 g/mol. The molecule has 0 saturated heterocycles. The minimum absolute atomic E-state index is 0.250. The van der Waals surface area contributed by atoms with E-state index in [9.17, 15) is 4.79 Å². The van der Waals surface area contributed by atoms with Crippen LogP contribution in [0.15, 0.2) is 94.4 Å². The molecule has 0 N–H and O–H groups in total. The number of thioether (sulfide) groups is 1. The summed E-state index contributed by atoms with van der Waals surface area (Å²) in [5.41, 5.74) is 1.79. The van der Waals surface area contributed by atoms with Gasteiger partial charge in [-0.25, -0.2) is 9.79 Å². The number of benzene rings is 3. The van der Waals surface area contributed by atoms with Crippen molar-refractivity contribution in [3.63, 3.8) is 0 Å². The van der Waals surface area contributed by atoms with Crippen LogP contribution in [0.2, 0.25) is 5.02 Å². The van der Waals surface area contributed by atoms with Gasteiger partial charge in [-0.1, -0.05) is 48.0 Å². The number of esters is 1. The fraction of sp³-hybridized carbons (Fsp3) is 0.0833. The maximum Gasteiger partial charge on any atom is 0.363 e. The highest BCUT2D eigenvalue weighted by molar-refractivity contribution is 7.99. The van der Waals surface area contributed by atoms with Gasteiger partial charge in [-0.05, 0) is 48.5 Å². The molecule has 1 heterocycles. The summed E-state index contributed by atoms with van der Waals surface area (Å²) in [7, 11) is 0. The largest absolute Gasteiger partial charge is 0.492 e. The molecule has 30 heavy (non-hydrogen) atoms. The molecular formula is C24H18ClNO3S. The lowest BCUT2D eigenvalue weighted by molar-refractivity contribution is -0.129. The SMILES string of the molecule is O=C1OC(c2ccccc2)=N/C1=C/c1ccccc1OCCSc1ccc(Cl)cc1. The first-order valence-electron chi connectivity index (χ1n) is 9.37. The predicted octanol–water partition coefficient (Wildman–Crippen LogP) is 5.86. The smallest absolute Gasteiger partial charge is 0.363 e. The van der Waals surface area contributed by atoms with Crippen molar-refractivity contribution in [3.8, 4) is 5.75 Å². The van der Waals surface area contributed by atoms with E-state index in [0.717, 1.165) is 26.8 Å². The first-order chi connectivity index (χ1) is 14.7. The molecule has 1 aliphatic heterocycles. The Labute approximate surface area is 184 Å². The Kier molecular flexibility index (Phi) is 6.52. The van der Waals surface area contributed by atoms with Crippen LogP contribution in [0.3, 0.4) is 0 Å². The second-order valence-electron chi connectivity index (χ2n) is 6.39. The van der Waals surface area contributed by atoms with E-state index in [2.05, 4.69) is 4.99 Å². The lowest BCUT2D eigenvalue weighted by Crippen LogP contribution is -2.05. The number of cyclic esters (lactones) is 1. The van der Waals surface area contributed by atoms with E-state index in [4.69, 9.17) is 21.1 Å². The molecule has 0 radical (unpaired) electrons. The van der Waals surface area contributed by atoms with Gasteiger partial charge in [0.25, 0.3) is 0 Å². The van der Waals surface area contributed by atoms with Crippen molar-refractivity contribution in [1.29, 1.82) is 0 Å². The lowest BCUT2D eigenvalue weighted by Gasteiger charge is -2.09. The van der Waals surface area contributed by atoms with Crippen LogP contribution in [0.4, 0.5) is 0 Å². The van der Waals surface area contributed by atoms with Gasteiger partial charge in [0.1, 0.15) is 5.75 Å². The van der Waals surface area contributed by atoms with Crippen LogP contribution in [0.5, 0.6) is 5.75 Å². The van der Waals surface area contributed by atoms with Gasteiger partial charge in [-0.3, -0.25) is 0 Å². The van der Waals surface area contributed by atoms with Gasteiger partial charge in [0, 0.05) is 26.8 Å². The molecule has 0 amide bonds. The summed E-state index contributed by atoms with van der Waals surface area (Å²) < 4.78 is 11.3. The Morgan fingerprint density at radius 1 is 0.967 bits per heavy atom. The number of carbonyl (C=O) groups excluding carboxylic acids is 1. The Balaban J connectivity index is 1.43. The minimum Gasteiger partial charge on any atom is -0.492 e. The van der Waals surface area contributed by atoms with Crippen LogP contribution in [-0.2, 0) is 9.53 Å². The van der Waals surface area contributed by atoms with E-state index in [1.165, 1.54) is 0 Å². The molecule has 3 aromatic carbocycles. The van der Waals surface area contributed by atoms with Gasteiger partial charge in [-0.15, -0.1) is 11.8 Å². The number of hydrogen-bond donors (Lipinski definition) is 0. The molecule has 150 valence electrons. The third kappa shape index (κ3) is 5.12. The van der Waals surface area contributed by atoms with Crippen LogP contribution in [-0.4, -0.2) is 24.2 Å². The second-order valence-corrected chi connectivity index (χ2v) is 8.00. The van der Waals surface area contributed by atoms with Crippen LogP contribution < -0.4 is 4.74 Å². The maximum absolute atomic E-state index is 12.3. The van der Waals surface area contributed by atoms with Crippen molar-refractivity contribution in [3.05, 3.63) is 101 Å². The minimum atomic E-state index is -0.470. The summed E-state index contributed by atoms with van der Waals surface area (Å²) in [5, 5.41) is 0.723. The van der Waals surface area contributed by atoms with E-state index >= 15 is 0 Å². The molecule has 0 unspecified atom stereocenters. The van der Waals surface area contributed by atoms with Gasteiger partial charge < -0.3 is 9.47 Å². The third-order valence-electron chi connectivity index (χ3n) is 4.28. The Morgan fingerprint density at radius 2 is 1.70 bits per heavy atom. The lowest BCUT2D eigenvalue weighted by atomic mass is 10.1. The molecule has 0 aromatic heterocycles. The summed E-state index contributed by atoms with van der Waals surface area (Å²) in [6.07, 6.45) is 1.69. The van der Waals surface area contributed by atoms with Crippen molar-refractivity contribution >= 4 is 41.3 Å². The highest BCUT2D eigenvalue weighted by atomic mass is 35.5. The van der Waals surface area contributed by atoms with Gasteiger partial charge in [-0.2, -0.15) is 0 Å². The van der Waals surface area contributed by atoms with E-state index in [-0.39, 0.29) is 5.70 Å². The highest BCUT2D eigenvalue weighted by Crippen LogP contribution is 2.26. The third-order valence-corrected chi connectivity index (χ3v) is 5.50. The zero-order valence-corrected chi connectivity index (χ0v) is 17.5. The first-order valence-corrected chi connectivity index (χ1v) is 10.7. The fourth-order valence-electron chi connectivity index (χ4n) is 2.83. The molecule has 0 fully saturated rings. The summed E-state index contributed by atoms with van der Waals surface area (Å²) >= 11 is 7.60. The number of para-hydroxylation sites is 1. The Hall–Kier alpha value is -3.02. The van der Waals surface area contributed by atoms with E-state index in [0.29, 0.717) is 18.3 Å². The van der Waals surface area contributed by atoms with Gasteiger partial charge in [0.05, 0.1) is 6.61 Å². The van der Waals surface area contributed by atoms with Gasteiger partial charge >= 0.3 is 5.97 Å². The molecule has 0 spiro atoms. The summed E-state index contributed by atoms with van der Waals surface area (Å²) in [5.74, 6) is 1.31. The molecule has 6 heteroatoms. The molecule has 0 atom stereocenters. The number of rotatable bonds is 7. The zero-order valence-electron chi connectivity index (χ0n) is 16.0. The number of nitrogens with zero attached hydrogens (tertiary/aromatic N) is 1. The van der Waals surface area contributed by atoms with Crippen LogP contribution >= 0.6 is 23.4 Å². The fourth-order valence-corrected chi connectivity index (χ4v) is 3.69. The summed E-state index contributed by atoms with van der Waals surface area (Å²) in [6.45, 7) is 0.524. The van der Waals surface area contributed by atoms with Crippen LogP contribution in [0, 0.1) is 0 Å². The molecule has 0 saturated carbocycles. The first kappa shape index (κ1) is 20.3. The predicted molar refractivity (Wildman–Crippen MR) is 121 cm³/mol. The van der Waals surface area contributed by atoms with Crippen molar-refractivity contribution in [1.82, 2.24) is 0 Å². The van der Waals surface area contributed by atoms with Crippen molar-refractivity contribution in [2.24, 2.45) is 4.99 Å². The van der Waals surface area contributed by atoms with Crippen molar-refractivity contribution in [2.75, 3.05) is 12.4 Å². The normalized spacial score (nSPS) is 14.5. The topological polar surface area (TPSA) is 47.9 Å². The molecule has 0 bridgehead atoms. The molecular weight excluding hydrogens is 418 g/mol. The van der Waals surface area contributed by atoms with Gasteiger partial charge in [0.2, 0.25) is 5.90 Å². The summed E-state index contributed by atoms with van der Waals surface area (Å²) in [4.78, 5) is 17.7. The van der Waals surface area contributed by atoms with E-state index < -0.39 is 5.97 Å². The number of halogens is 1. The average Bonchev–Trinajstić information content (AvgIpc) is 3.14. The van der Waals surface area contributed by atoms with Crippen LogP contribution in [0.1, 0.15) is 11.1 Å². The number of hydrogen-bond acceptors (Lipinski definition) is 5. The number of aliphatic imine (C=N–C) groups is 1. The number of ether oxygens (including phenoxy) is 2. The Bertz CT molecular complexity index is 1090. The molecule has 4 rings (SSSR count). The maximum atomic E-state index is 12.3. The molecule has 4 nitrogen and oxygen atoms in total.